The van der Waals surface area contributed by atoms with Crippen molar-refractivity contribution in [3.8, 4) is 11.3 Å². The molecule has 0 unspecified atom stereocenters. The van der Waals surface area contributed by atoms with Crippen LogP contribution in [-0.4, -0.2) is 34.7 Å². The number of carbonyl (C=O) groups excluding carboxylic acids is 2. The summed E-state index contributed by atoms with van der Waals surface area (Å²) in [5, 5.41) is 2.19. The molecule has 7 heteroatoms. The number of rotatable bonds is 4. The first-order valence-corrected chi connectivity index (χ1v) is 9.96. The zero-order chi connectivity index (χ0) is 27.6. The molecule has 0 radical (unpaired) electrons. The van der Waals surface area contributed by atoms with Crippen molar-refractivity contribution in [1.82, 2.24) is 15.2 Å². The van der Waals surface area contributed by atoms with Crippen molar-refractivity contribution >= 4 is 11.8 Å². The van der Waals surface area contributed by atoms with Gasteiger partial charge in [-0.15, -0.1) is 0 Å². The molecule has 2 aliphatic rings. The highest BCUT2D eigenvalue weighted by atomic mass is 19.1. The van der Waals surface area contributed by atoms with Gasteiger partial charge in [-0.2, -0.15) is 0 Å². The van der Waals surface area contributed by atoms with Crippen LogP contribution in [-0.2, 0) is 12.9 Å². The molecule has 5 nitrogen and oxygen atoms in total. The molecule has 1 aromatic heterocycles. The lowest BCUT2D eigenvalue weighted by atomic mass is 9.96. The zero-order valence-electron chi connectivity index (χ0n) is 22.7. The van der Waals surface area contributed by atoms with Crippen LogP contribution < -0.4 is 5.32 Å². The van der Waals surface area contributed by atoms with Crippen molar-refractivity contribution in [2.45, 2.75) is 25.8 Å². The molecule has 0 saturated carbocycles. The number of nitrogens with one attached hydrogen (secondary N) is 1. The van der Waals surface area contributed by atoms with Gasteiger partial charge < -0.3 is 10.2 Å². The van der Waals surface area contributed by atoms with Gasteiger partial charge in [-0.1, -0.05) is 18.2 Å². The number of likely N-dealkylation sites (tertiary alicyclic amines) is 1. The van der Waals surface area contributed by atoms with E-state index in [-0.39, 0.29) is 47.3 Å². The Labute approximate surface area is 192 Å². The zero-order valence-corrected chi connectivity index (χ0v) is 16.7. The fourth-order valence-electron chi connectivity index (χ4n) is 3.78. The van der Waals surface area contributed by atoms with Gasteiger partial charge in [0.15, 0.2) is 0 Å². The first kappa shape index (κ1) is 14.5. The minimum absolute atomic E-state index is 0.0251. The lowest BCUT2D eigenvalue weighted by Crippen LogP contribution is -2.27. The third-order valence-corrected chi connectivity index (χ3v) is 5.30. The maximum Gasteiger partial charge on any atom is 0.253 e. The van der Waals surface area contributed by atoms with Gasteiger partial charge in [0.1, 0.15) is 11.6 Å². The average molecular weight is 439 g/mol. The van der Waals surface area contributed by atoms with Gasteiger partial charge >= 0.3 is 0 Å². The number of aromatic nitrogens is 1. The summed E-state index contributed by atoms with van der Waals surface area (Å²) in [6.07, 6.45) is -0.230. The van der Waals surface area contributed by atoms with E-state index in [4.69, 9.17) is 8.22 Å². The third-order valence-electron chi connectivity index (χ3n) is 5.30. The fourth-order valence-corrected chi connectivity index (χ4v) is 3.78. The molecule has 1 saturated heterocycles. The molecule has 0 bridgehead atoms. The molecule has 5 rings (SSSR count). The van der Waals surface area contributed by atoms with Crippen LogP contribution in [0.4, 0.5) is 8.78 Å². The molecule has 0 spiro atoms. The summed E-state index contributed by atoms with van der Waals surface area (Å²) in [5.74, 6) is -3.33. The Balaban J connectivity index is 1.52. The Morgan fingerprint density at radius 2 is 1.75 bits per heavy atom. The Hall–Kier alpha value is -3.61. The van der Waals surface area contributed by atoms with Crippen LogP contribution in [0.3, 0.4) is 0 Å². The number of fused-ring (bicyclic) bond motifs is 1. The molecular weight excluding hydrogens is 412 g/mol. The van der Waals surface area contributed by atoms with E-state index in [0.717, 1.165) is 12.1 Å². The van der Waals surface area contributed by atoms with Crippen LogP contribution in [0.15, 0.2) is 48.5 Å². The van der Waals surface area contributed by atoms with Gasteiger partial charge in [0, 0.05) is 24.0 Å². The van der Waals surface area contributed by atoms with Crippen LogP contribution in [0.1, 0.15) is 58.6 Å². The van der Waals surface area contributed by atoms with Crippen LogP contribution in [0.5, 0.6) is 0 Å². The summed E-state index contributed by atoms with van der Waals surface area (Å²) in [7, 11) is 0. The fraction of sp³-hybridized carbons (Fsp3) is 0.240. The van der Waals surface area contributed by atoms with Gasteiger partial charge in [-0.05, 0) is 60.7 Å². The number of nitrogens with zero attached hydrogens (tertiary/aromatic N) is 2. The van der Waals surface area contributed by atoms with Gasteiger partial charge in [0.2, 0.25) is 0 Å². The van der Waals surface area contributed by atoms with Crippen molar-refractivity contribution in [1.29, 1.82) is 0 Å². The molecule has 2 amide bonds. The molecule has 3 aromatic rings. The second kappa shape index (κ2) is 8.15. The first-order valence-electron chi connectivity index (χ1n) is 13.0. The molecule has 2 aliphatic heterocycles. The Morgan fingerprint density at radius 1 is 1.06 bits per heavy atom. The Kier molecular flexibility index (Phi) is 3.68. The number of halogens is 2. The van der Waals surface area contributed by atoms with Crippen molar-refractivity contribution in [2.75, 3.05) is 13.0 Å². The maximum absolute atomic E-state index is 14.5. The largest absolute Gasteiger partial charge is 0.346 e. The summed E-state index contributed by atoms with van der Waals surface area (Å²) in [6, 6.07) is 10.5. The van der Waals surface area contributed by atoms with E-state index < -0.39 is 48.5 Å². The van der Waals surface area contributed by atoms with Crippen molar-refractivity contribution in [2.24, 2.45) is 0 Å². The SMILES string of the molecule is [2H]C1([2H])NC(=O)c2c(Cc3ccc(C(=O)N4C([2H])([2H])CCC4([2H])[2H])cc3)cc(-c3c(F)cccc3F)nc21. The minimum Gasteiger partial charge on any atom is -0.346 e. The summed E-state index contributed by atoms with van der Waals surface area (Å²) < 4.78 is 77.4. The van der Waals surface area contributed by atoms with E-state index in [0.29, 0.717) is 10.5 Å². The number of amides is 2. The van der Waals surface area contributed by atoms with Gasteiger partial charge in [0.25, 0.3) is 11.8 Å². The predicted octanol–water partition coefficient (Wildman–Crippen LogP) is 4.10. The van der Waals surface area contributed by atoms with E-state index >= 15 is 0 Å². The second-order valence-electron chi connectivity index (χ2n) is 7.40. The molecule has 1 fully saturated rings. The van der Waals surface area contributed by atoms with Gasteiger partial charge in [-0.3, -0.25) is 9.59 Å². The number of pyridine rings is 1. The third kappa shape index (κ3) is 3.64. The second-order valence-corrected chi connectivity index (χ2v) is 7.40. The highest BCUT2D eigenvalue weighted by molar-refractivity contribution is 5.99. The average Bonchev–Trinajstić information content (AvgIpc) is 3.19. The van der Waals surface area contributed by atoms with Gasteiger partial charge in [0.05, 0.1) is 31.8 Å². The summed E-state index contributed by atoms with van der Waals surface area (Å²) in [5.41, 5.74) is -0.0918. The number of hydrogen-bond acceptors (Lipinski definition) is 3. The van der Waals surface area contributed by atoms with Crippen molar-refractivity contribution in [3.63, 3.8) is 0 Å². The molecule has 162 valence electrons. The molecule has 2 aromatic carbocycles. The van der Waals surface area contributed by atoms with E-state index in [1.165, 1.54) is 36.4 Å². The standard InChI is InChI=1S/C25H21F2N3O2/c26-18-4-3-5-19(27)23(18)20-13-17(22-21(29-20)14-28-24(22)31)12-15-6-8-16(9-7-15)25(32)30-10-1-2-11-30/h3-9,13H,1-2,10-12,14H2,(H,28,31)/i10D2,11D2,14D2. The number of hydrogen-bond donors (Lipinski definition) is 1. The van der Waals surface area contributed by atoms with Crippen LogP contribution >= 0.6 is 0 Å². The molecule has 1 N–H and O–H groups in total. The summed E-state index contributed by atoms with van der Waals surface area (Å²) in [4.78, 5) is 30.3. The first-order chi connectivity index (χ1) is 17.7. The quantitative estimate of drug-likeness (QED) is 0.666. The summed E-state index contributed by atoms with van der Waals surface area (Å²) >= 11 is 0. The van der Waals surface area contributed by atoms with E-state index in [9.17, 15) is 18.4 Å². The van der Waals surface area contributed by atoms with E-state index in [1.807, 2.05) is 0 Å². The molecule has 32 heavy (non-hydrogen) atoms. The minimum atomic E-state index is -2.36. The predicted molar refractivity (Wildman–Crippen MR) is 115 cm³/mol. The molecular formula is C25H21F2N3O2. The molecule has 0 aliphatic carbocycles. The van der Waals surface area contributed by atoms with Crippen LogP contribution in [0, 0.1) is 11.6 Å². The molecule has 0 atom stereocenters. The lowest BCUT2D eigenvalue weighted by molar-refractivity contribution is 0.0792. The molecule has 3 heterocycles. The van der Waals surface area contributed by atoms with Crippen molar-refractivity contribution < 1.29 is 26.6 Å². The highest BCUT2D eigenvalue weighted by Gasteiger charge is 2.27. The number of carbonyl (C=O) groups is 2. The Morgan fingerprint density at radius 3 is 2.44 bits per heavy atom. The highest BCUT2D eigenvalue weighted by Crippen LogP contribution is 2.30. The maximum atomic E-state index is 14.5. The topological polar surface area (TPSA) is 62.3 Å². The summed E-state index contributed by atoms with van der Waals surface area (Å²) in [6.45, 7) is -6.63. The normalized spacial score (nSPS) is 22.6. The Bertz CT molecular complexity index is 1440. The number of benzene rings is 2. The lowest BCUT2D eigenvalue weighted by Gasteiger charge is -2.15. The van der Waals surface area contributed by atoms with Gasteiger partial charge in [-0.25, -0.2) is 13.8 Å². The smallest absolute Gasteiger partial charge is 0.253 e. The van der Waals surface area contributed by atoms with E-state index in [2.05, 4.69) is 10.3 Å². The van der Waals surface area contributed by atoms with Crippen molar-refractivity contribution in [3.05, 3.63) is 88.1 Å². The van der Waals surface area contributed by atoms with Crippen LogP contribution in [0.2, 0.25) is 0 Å². The van der Waals surface area contributed by atoms with E-state index in [1.54, 1.807) is 0 Å². The van der Waals surface area contributed by atoms with Crippen LogP contribution in [0.25, 0.3) is 11.3 Å². The monoisotopic (exact) mass is 439 g/mol.